The van der Waals surface area contributed by atoms with E-state index < -0.39 is 18.8 Å². The number of hydrogen-bond acceptors (Lipinski definition) is 0. The van der Waals surface area contributed by atoms with Gasteiger partial charge in [-0.05, 0) is 0 Å². The normalized spacial score (nSPS) is 12.5. The summed E-state index contributed by atoms with van der Waals surface area (Å²) in [6.45, 7) is 2.55. The van der Waals surface area contributed by atoms with Gasteiger partial charge < -0.3 is 5.32 Å². The minimum Gasteiger partial charge on any atom is -0.662 e. The van der Waals surface area contributed by atoms with Crippen molar-refractivity contribution in [1.29, 1.82) is 0 Å². The highest BCUT2D eigenvalue weighted by Crippen LogP contribution is 2.27. The van der Waals surface area contributed by atoms with Gasteiger partial charge in [0, 0.05) is 6.42 Å². The van der Waals surface area contributed by atoms with Crippen LogP contribution in [-0.2, 0) is 0 Å². The SMILES string of the molecule is CC[N-]CCCC(F)(F)C(F)F. The number of hydrogen-bond donors (Lipinski definition) is 0. The summed E-state index contributed by atoms with van der Waals surface area (Å²) in [4.78, 5) is 0. The molecule has 1 nitrogen and oxygen atoms in total. The molecular formula is C7H12F4N-. The molecule has 0 bridgehead atoms. The molecule has 0 saturated carbocycles. The van der Waals surface area contributed by atoms with Crippen molar-refractivity contribution in [1.82, 2.24) is 0 Å². The molecule has 0 aromatic heterocycles. The Hall–Kier alpha value is -0.320. The van der Waals surface area contributed by atoms with Crippen molar-refractivity contribution in [3.05, 3.63) is 5.32 Å². The first-order chi connectivity index (χ1) is 5.50. The summed E-state index contributed by atoms with van der Waals surface area (Å²) >= 11 is 0. The topological polar surface area (TPSA) is 14.1 Å². The second kappa shape index (κ2) is 5.35. The lowest BCUT2D eigenvalue weighted by molar-refractivity contribution is -0.133. The molecule has 0 heterocycles. The molecule has 0 aliphatic rings. The standard InChI is InChI=1S/C7H12F4N/c1-2-12-5-3-4-7(10,11)6(8)9/h6H,2-5H2,1H3/q-1. The van der Waals surface area contributed by atoms with Gasteiger partial charge in [-0.1, -0.05) is 13.3 Å². The Labute approximate surface area is 69.1 Å². The van der Waals surface area contributed by atoms with Gasteiger partial charge in [-0.2, -0.15) is 6.54 Å². The van der Waals surface area contributed by atoms with Gasteiger partial charge in [-0.25, -0.2) is 17.6 Å². The molecule has 0 aliphatic heterocycles. The molecule has 0 atom stereocenters. The summed E-state index contributed by atoms with van der Waals surface area (Å²) in [6.07, 6.45) is -4.32. The van der Waals surface area contributed by atoms with Crippen molar-refractivity contribution in [2.24, 2.45) is 0 Å². The zero-order valence-corrected chi connectivity index (χ0v) is 6.86. The molecule has 0 N–H and O–H groups in total. The van der Waals surface area contributed by atoms with Crippen LogP contribution in [0.1, 0.15) is 19.8 Å². The first kappa shape index (κ1) is 11.7. The number of alkyl halides is 4. The Balaban J connectivity index is 3.47. The Bertz CT molecular complexity index is 116. The molecule has 12 heavy (non-hydrogen) atoms. The van der Waals surface area contributed by atoms with Gasteiger partial charge in [0.2, 0.25) is 0 Å². The molecular weight excluding hydrogens is 174 g/mol. The number of halogens is 4. The van der Waals surface area contributed by atoms with Gasteiger partial charge in [-0.15, -0.1) is 6.54 Å². The number of nitrogens with zero attached hydrogens (tertiary/aromatic N) is 1. The second-order valence-corrected chi connectivity index (χ2v) is 2.43. The van der Waals surface area contributed by atoms with E-state index in [-0.39, 0.29) is 13.0 Å². The van der Waals surface area contributed by atoms with Crippen molar-refractivity contribution in [3.63, 3.8) is 0 Å². The molecule has 0 spiro atoms. The van der Waals surface area contributed by atoms with Crippen molar-refractivity contribution in [2.45, 2.75) is 32.1 Å². The highest BCUT2D eigenvalue weighted by Gasteiger charge is 2.39. The Morgan fingerprint density at radius 3 is 2.33 bits per heavy atom. The summed E-state index contributed by atoms with van der Waals surface area (Å²) in [5.41, 5.74) is 0. The molecule has 5 heteroatoms. The summed E-state index contributed by atoms with van der Waals surface area (Å²) < 4.78 is 47.4. The third-order valence-electron chi connectivity index (χ3n) is 1.37. The zero-order chi connectivity index (χ0) is 9.61. The van der Waals surface area contributed by atoms with Crippen LogP contribution in [-0.4, -0.2) is 25.4 Å². The summed E-state index contributed by atoms with van der Waals surface area (Å²) in [6, 6.07) is 0. The van der Waals surface area contributed by atoms with Gasteiger partial charge in [0.25, 0.3) is 0 Å². The highest BCUT2D eigenvalue weighted by molar-refractivity contribution is 4.78. The third-order valence-corrected chi connectivity index (χ3v) is 1.37. The molecule has 0 amide bonds. The summed E-state index contributed by atoms with van der Waals surface area (Å²) in [7, 11) is 0. The maximum atomic E-state index is 12.2. The van der Waals surface area contributed by atoms with Crippen LogP contribution in [0.25, 0.3) is 5.32 Å². The van der Waals surface area contributed by atoms with Crippen LogP contribution in [0.15, 0.2) is 0 Å². The van der Waals surface area contributed by atoms with Crippen LogP contribution in [0.5, 0.6) is 0 Å². The van der Waals surface area contributed by atoms with Crippen molar-refractivity contribution < 1.29 is 17.6 Å². The first-order valence-corrected chi connectivity index (χ1v) is 3.80. The summed E-state index contributed by atoms with van der Waals surface area (Å²) in [5, 5.41) is 3.76. The van der Waals surface area contributed by atoms with E-state index in [1.54, 1.807) is 6.92 Å². The predicted octanol–water partition coefficient (Wildman–Crippen LogP) is 3.06. The van der Waals surface area contributed by atoms with Gasteiger partial charge in [0.15, 0.2) is 0 Å². The zero-order valence-electron chi connectivity index (χ0n) is 6.86. The lowest BCUT2D eigenvalue weighted by Crippen LogP contribution is -2.26. The Morgan fingerprint density at radius 2 is 1.92 bits per heavy atom. The molecule has 0 rings (SSSR count). The van der Waals surface area contributed by atoms with E-state index >= 15 is 0 Å². The van der Waals surface area contributed by atoms with Gasteiger partial charge in [0.1, 0.15) is 0 Å². The number of rotatable bonds is 6. The maximum absolute atomic E-state index is 12.2. The largest absolute Gasteiger partial charge is 0.662 e. The van der Waals surface area contributed by atoms with E-state index in [9.17, 15) is 17.6 Å². The fraction of sp³-hybridized carbons (Fsp3) is 1.00. The first-order valence-electron chi connectivity index (χ1n) is 3.80. The van der Waals surface area contributed by atoms with E-state index in [2.05, 4.69) is 5.32 Å². The highest BCUT2D eigenvalue weighted by atomic mass is 19.3. The quantitative estimate of drug-likeness (QED) is 0.447. The molecule has 0 saturated heterocycles. The second-order valence-electron chi connectivity index (χ2n) is 2.43. The monoisotopic (exact) mass is 186 g/mol. The molecule has 0 aromatic rings. The smallest absolute Gasteiger partial charge is 0.307 e. The minimum absolute atomic E-state index is 0.0190. The van der Waals surface area contributed by atoms with Crippen molar-refractivity contribution >= 4 is 0 Å². The van der Waals surface area contributed by atoms with Gasteiger partial charge in [-0.3, -0.25) is 0 Å². The molecule has 0 aliphatic carbocycles. The average Bonchev–Trinajstić information content (AvgIpc) is 1.98. The van der Waals surface area contributed by atoms with E-state index in [0.29, 0.717) is 6.54 Å². The van der Waals surface area contributed by atoms with Crippen LogP contribution in [0, 0.1) is 0 Å². The van der Waals surface area contributed by atoms with Crippen LogP contribution >= 0.6 is 0 Å². The van der Waals surface area contributed by atoms with E-state index in [0.717, 1.165) is 0 Å². The summed E-state index contributed by atoms with van der Waals surface area (Å²) in [5.74, 6) is -3.84. The van der Waals surface area contributed by atoms with E-state index in [1.807, 2.05) is 0 Å². The van der Waals surface area contributed by atoms with E-state index in [4.69, 9.17) is 0 Å². The lowest BCUT2D eigenvalue weighted by atomic mass is 10.2. The molecule has 0 radical (unpaired) electrons. The van der Waals surface area contributed by atoms with Crippen molar-refractivity contribution in [3.8, 4) is 0 Å². The fourth-order valence-corrected chi connectivity index (χ4v) is 0.694. The van der Waals surface area contributed by atoms with Crippen molar-refractivity contribution in [2.75, 3.05) is 13.1 Å². The minimum atomic E-state index is -3.84. The van der Waals surface area contributed by atoms with Gasteiger partial charge in [0.05, 0.1) is 0 Å². The molecule has 74 valence electrons. The predicted molar refractivity (Wildman–Crippen MR) is 39.0 cm³/mol. The average molecular weight is 186 g/mol. The maximum Gasteiger partial charge on any atom is 0.307 e. The fourth-order valence-electron chi connectivity index (χ4n) is 0.694. The lowest BCUT2D eigenvalue weighted by Gasteiger charge is -2.19. The molecule has 0 aromatic carbocycles. The molecule has 0 fully saturated rings. The van der Waals surface area contributed by atoms with Crippen LogP contribution in [0.2, 0.25) is 0 Å². The Morgan fingerprint density at radius 1 is 1.33 bits per heavy atom. The van der Waals surface area contributed by atoms with E-state index in [1.165, 1.54) is 0 Å². The third kappa shape index (κ3) is 4.54. The molecule has 0 unspecified atom stereocenters. The Kier molecular flexibility index (Phi) is 5.20. The van der Waals surface area contributed by atoms with Crippen LogP contribution < -0.4 is 0 Å². The van der Waals surface area contributed by atoms with Crippen LogP contribution in [0.3, 0.4) is 0 Å². The van der Waals surface area contributed by atoms with Crippen LogP contribution in [0.4, 0.5) is 17.6 Å². The van der Waals surface area contributed by atoms with Gasteiger partial charge >= 0.3 is 12.3 Å².